The molecule has 0 bridgehead atoms. The van der Waals surface area contributed by atoms with Crippen molar-refractivity contribution >= 4 is 11.8 Å². The maximum Gasteiger partial charge on any atom is 0.342 e. The van der Waals surface area contributed by atoms with Gasteiger partial charge >= 0.3 is 5.97 Å². The van der Waals surface area contributed by atoms with Gasteiger partial charge in [0.15, 0.2) is 12.1 Å². The molecule has 5 heteroatoms. The van der Waals surface area contributed by atoms with Crippen LogP contribution in [0.1, 0.15) is 34.1 Å². The van der Waals surface area contributed by atoms with Crippen LogP contribution in [0.3, 0.4) is 0 Å². The molecule has 2 unspecified atom stereocenters. The summed E-state index contributed by atoms with van der Waals surface area (Å²) in [5.74, 6) is -0.952. The van der Waals surface area contributed by atoms with Crippen LogP contribution in [0.25, 0.3) is 0 Å². The normalized spacial score (nSPS) is 30.6. The fraction of sp³-hybridized carbons (Fsp3) is 0.571. The van der Waals surface area contributed by atoms with Crippen molar-refractivity contribution in [1.29, 1.82) is 0 Å². The molecule has 2 rings (SSSR count). The molecular formula is C14H18O5. The highest BCUT2D eigenvalue weighted by Gasteiger charge is 2.47. The highest BCUT2D eigenvalue weighted by atomic mass is 16.6. The Bertz CT molecular complexity index is 494. The van der Waals surface area contributed by atoms with Gasteiger partial charge in [-0.2, -0.15) is 0 Å². The van der Waals surface area contributed by atoms with E-state index in [4.69, 9.17) is 9.47 Å². The lowest BCUT2D eigenvalue weighted by Crippen LogP contribution is -2.36. The summed E-state index contributed by atoms with van der Waals surface area (Å²) in [4.78, 5) is 24.1. The number of aliphatic hydroxyl groups excluding tert-OH is 1. The van der Waals surface area contributed by atoms with E-state index in [9.17, 15) is 14.7 Å². The molecule has 5 nitrogen and oxygen atoms in total. The molecule has 2 aliphatic rings. The Morgan fingerprint density at radius 3 is 2.74 bits per heavy atom. The van der Waals surface area contributed by atoms with Gasteiger partial charge in [0.25, 0.3) is 0 Å². The average molecular weight is 266 g/mol. The van der Waals surface area contributed by atoms with Gasteiger partial charge in [0.2, 0.25) is 0 Å². The highest BCUT2D eigenvalue weighted by molar-refractivity contribution is 6.21. The Balaban J connectivity index is 2.40. The van der Waals surface area contributed by atoms with Crippen molar-refractivity contribution in [1.82, 2.24) is 0 Å². The van der Waals surface area contributed by atoms with Crippen molar-refractivity contribution in [2.45, 2.75) is 51.6 Å². The summed E-state index contributed by atoms with van der Waals surface area (Å²) < 4.78 is 10.6. The van der Waals surface area contributed by atoms with Crippen molar-refractivity contribution in [2.75, 3.05) is 0 Å². The summed E-state index contributed by atoms with van der Waals surface area (Å²) in [5, 5.41) is 9.46. The number of hydrogen-bond acceptors (Lipinski definition) is 5. The molecule has 0 amide bonds. The quantitative estimate of drug-likeness (QED) is 0.571. The molecule has 1 aliphatic heterocycles. The standard InChI is InChI=1S/C14H18O5/c1-13(2,3)19-12(17)11-8-5-6-10(16)18-14(8,4)7-9(11)15/h5-6,10,16H,7H2,1-4H3. The van der Waals surface area contributed by atoms with Gasteiger partial charge in [0, 0.05) is 12.0 Å². The van der Waals surface area contributed by atoms with Gasteiger partial charge in [-0.15, -0.1) is 0 Å². The summed E-state index contributed by atoms with van der Waals surface area (Å²) in [6.07, 6.45) is 1.95. The number of ether oxygens (including phenoxy) is 2. The summed E-state index contributed by atoms with van der Waals surface area (Å²) in [6.45, 7) is 6.91. The third kappa shape index (κ3) is 2.62. The topological polar surface area (TPSA) is 72.8 Å². The van der Waals surface area contributed by atoms with E-state index in [1.54, 1.807) is 33.8 Å². The molecule has 19 heavy (non-hydrogen) atoms. The van der Waals surface area contributed by atoms with Crippen molar-refractivity contribution < 1.29 is 24.2 Å². The summed E-state index contributed by atoms with van der Waals surface area (Å²) in [6, 6.07) is 0. The molecule has 0 aromatic heterocycles. The first kappa shape index (κ1) is 14.0. The summed E-state index contributed by atoms with van der Waals surface area (Å²) in [7, 11) is 0. The Morgan fingerprint density at radius 1 is 1.53 bits per heavy atom. The molecule has 0 saturated heterocycles. The summed E-state index contributed by atoms with van der Waals surface area (Å²) in [5.41, 5.74) is -1.10. The van der Waals surface area contributed by atoms with Gasteiger partial charge in [0.05, 0.1) is 0 Å². The zero-order valence-electron chi connectivity index (χ0n) is 11.5. The van der Waals surface area contributed by atoms with Crippen LogP contribution in [-0.4, -0.2) is 34.4 Å². The van der Waals surface area contributed by atoms with Crippen LogP contribution in [0.5, 0.6) is 0 Å². The second-order valence-corrected chi connectivity index (χ2v) is 5.99. The van der Waals surface area contributed by atoms with Crippen molar-refractivity contribution in [3.05, 3.63) is 23.3 Å². The first-order valence-corrected chi connectivity index (χ1v) is 6.18. The Hall–Kier alpha value is -1.46. The van der Waals surface area contributed by atoms with Crippen molar-refractivity contribution in [3.8, 4) is 0 Å². The fourth-order valence-corrected chi connectivity index (χ4v) is 2.31. The van der Waals surface area contributed by atoms with Crippen LogP contribution in [-0.2, 0) is 19.1 Å². The van der Waals surface area contributed by atoms with Crippen LogP contribution in [0.4, 0.5) is 0 Å². The van der Waals surface area contributed by atoms with Crippen LogP contribution in [0.2, 0.25) is 0 Å². The van der Waals surface area contributed by atoms with E-state index in [-0.39, 0.29) is 17.8 Å². The SMILES string of the molecule is CC(C)(C)OC(=O)C1=C2C=CC(O)OC2(C)CC1=O. The lowest BCUT2D eigenvalue weighted by molar-refractivity contribution is -0.150. The number of hydrogen-bond donors (Lipinski definition) is 1. The number of ketones is 1. The van der Waals surface area contributed by atoms with E-state index in [1.165, 1.54) is 6.08 Å². The van der Waals surface area contributed by atoms with E-state index < -0.39 is 23.5 Å². The Labute approximate surface area is 111 Å². The maximum absolute atomic E-state index is 12.1. The van der Waals surface area contributed by atoms with E-state index in [2.05, 4.69) is 0 Å². The van der Waals surface area contributed by atoms with Crippen LogP contribution >= 0.6 is 0 Å². The molecule has 2 atom stereocenters. The van der Waals surface area contributed by atoms with Crippen LogP contribution < -0.4 is 0 Å². The van der Waals surface area contributed by atoms with Crippen molar-refractivity contribution in [2.24, 2.45) is 0 Å². The van der Waals surface area contributed by atoms with Crippen molar-refractivity contribution in [3.63, 3.8) is 0 Å². The highest BCUT2D eigenvalue weighted by Crippen LogP contribution is 2.41. The zero-order chi connectivity index (χ0) is 14.4. The molecule has 1 heterocycles. The molecule has 1 aliphatic carbocycles. The minimum atomic E-state index is -1.06. The summed E-state index contributed by atoms with van der Waals surface area (Å²) >= 11 is 0. The minimum Gasteiger partial charge on any atom is -0.456 e. The second-order valence-electron chi connectivity index (χ2n) is 5.99. The van der Waals surface area contributed by atoms with Gasteiger partial charge in [-0.05, 0) is 33.8 Å². The van der Waals surface area contributed by atoms with E-state index >= 15 is 0 Å². The lowest BCUT2D eigenvalue weighted by atomic mass is 9.94. The number of aliphatic hydroxyl groups is 1. The molecule has 0 aromatic rings. The monoisotopic (exact) mass is 266 g/mol. The second kappa shape index (κ2) is 4.28. The van der Waals surface area contributed by atoms with Crippen LogP contribution in [0.15, 0.2) is 23.3 Å². The Morgan fingerprint density at radius 2 is 2.16 bits per heavy atom. The molecule has 104 valence electrons. The number of carbonyl (C=O) groups is 2. The molecule has 0 spiro atoms. The van der Waals surface area contributed by atoms with Gasteiger partial charge < -0.3 is 14.6 Å². The number of Topliss-reactive ketones (excluding diaryl/α,β-unsaturated/α-hetero) is 1. The predicted octanol–water partition coefficient (Wildman–Crippen LogP) is 1.26. The van der Waals surface area contributed by atoms with E-state index in [0.29, 0.717) is 5.57 Å². The van der Waals surface area contributed by atoms with E-state index in [1.807, 2.05) is 0 Å². The van der Waals surface area contributed by atoms with Gasteiger partial charge in [-0.1, -0.05) is 6.08 Å². The lowest BCUT2D eigenvalue weighted by Gasteiger charge is -2.31. The number of rotatable bonds is 1. The Kier molecular flexibility index (Phi) is 3.15. The first-order chi connectivity index (χ1) is 8.62. The zero-order valence-corrected chi connectivity index (χ0v) is 11.5. The average Bonchev–Trinajstić information content (AvgIpc) is 2.44. The minimum absolute atomic E-state index is 0.0283. The molecule has 1 N–H and O–H groups in total. The van der Waals surface area contributed by atoms with Crippen LogP contribution in [0, 0.1) is 0 Å². The fourth-order valence-electron chi connectivity index (χ4n) is 2.31. The van der Waals surface area contributed by atoms with Gasteiger partial charge in [0.1, 0.15) is 16.8 Å². The third-order valence-corrected chi connectivity index (χ3v) is 3.03. The van der Waals surface area contributed by atoms with Gasteiger partial charge in [-0.3, -0.25) is 4.79 Å². The third-order valence-electron chi connectivity index (χ3n) is 3.03. The number of esters is 1. The molecular weight excluding hydrogens is 248 g/mol. The predicted molar refractivity (Wildman–Crippen MR) is 67.1 cm³/mol. The number of carbonyl (C=O) groups excluding carboxylic acids is 2. The van der Waals surface area contributed by atoms with E-state index in [0.717, 1.165) is 0 Å². The molecule has 0 aromatic carbocycles. The first-order valence-electron chi connectivity index (χ1n) is 6.18. The molecule has 0 radical (unpaired) electrons. The maximum atomic E-state index is 12.1. The molecule has 0 saturated carbocycles. The molecule has 0 fully saturated rings. The number of fused-ring (bicyclic) bond motifs is 1. The largest absolute Gasteiger partial charge is 0.456 e. The van der Waals surface area contributed by atoms with Gasteiger partial charge in [-0.25, -0.2) is 4.79 Å². The smallest absolute Gasteiger partial charge is 0.342 e.